The van der Waals surface area contributed by atoms with Crippen LogP contribution >= 0.6 is 0 Å². The standard InChI is InChI=1S/C16H15F2N3O2/c17-16(18)23-12-7-5-11(6-8-12)14(10-3-4-10)20-15(22)13-2-1-9-19-21-13/h1-2,5-10,14,16H,3-4H2,(H,20,22)/t14-/m1/s1. The van der Waals surface area contributed by atoms with Gasteiger partial charge in [-0.3, -0.25) is 4.79 Å². The number of alkyl halides is 2. The van der Waals surface area contributed by atoms with Crippen molar-refractivity contribution < 1.29 is 18.3 Å². The number of halogens is 2. The number of rotatable bonds is 6. The second kappa shape index (κ2) is 6.68. The number of nitrogens with zero attached hydrogens (tertiary/aromatic N) is 2. The molecule has 5 nitrogen and oxygen atoms in total. The van der Waals surface area contributed by atoms with E-state index in [1.807, 2.05) is 0 Å². The summed E-state index contributed by atoms with van der Waals surface area (Å²) >= 11 is 0. The summed E-state index contributed by atoms with van der Waals surface area (Å²) in [7, 11) is 0. The van der Waals surface area contributed by atoms with E-state index in [9.17, 15) is 13.6 Å². The number of hydrogen-bond acceptors (Lipinski definition) is 4. The molecule has 1 aromatic heterocycles. The van der Waals surface area contributed by atoms with Crippen molar-refractivity contribution in [2.75, 3.05) is 0 Å². The number of benzene rings is 1. The van der Waals surface area contributed by atoms with Crippen LogP contribution in [0.4, 0.5) is 8.78 Å². The van der Waals surface area contributed by atoms with Crippen LogP contribution in [0.25, 0.3) is 0 Å². The molecule has 1 N–H and O–H groups in total. The van der Waals surface area contributed by atoms with Crippen molar-refractivity contribution in [2.45, 2.75) is 25.5 Å². The van der Waals surface area contributed by atoms with Crippen LogP contribution in [-0.4, -0.2) is 22.7 Å². The smallest absolute Gasteiger partial charge is 0.387 e. The van der Waals surface area contributed by atoms with Gasteiger partial charge in [-0.25, -0.2) is 0 Å². The Labute approximate surface area is 131 Å². The Balaban J connectivity index is 1.73. The third-order valence-electron chi connectivity index (χ3n) is 3.65. The fraction of sp³-hybridized carbons (Fsp3) is 0.312. The zero-order valence-electron chi connectivity index (χ0n) is 12.2. The minimum atomic E-state index is -2.85. The Morgan fingerprint density at radius 1 is 1.22 bits per heavy atom. The van der Waals surface area contributed by atoms with Crippen LogP contribution in [0.5, 0.6) is 5.75 Å². The first-order chi connectivity index (χ1) is 11.1. The second-order valence-electron chi connectivity index (χ2n) is 5.35. The monoisotopic (exact) mass is 319 g/mol. The van der Waals surface area contributed by atoms with Gasteiger partial charge in [0.2, 0.25) is 0 Å². The van der Waals surface area contributed by atoms with Crippen LogP contribution in [0.1, 0.15) is 34.9 Å². The molecule has 1 saturated carbocycles. The molecule has 1 fully saturated rings. The molecule has 0 bridgehead atoms. The average Bonchev–Trinajstić information content (AvgIpc) is 3.38. The molecule has 0 spiro atoms. The lowest BCUT2D eigenvalue weighted by molar-refractivity contribution is -0.0498. The molecule has 1 aromatic carbocycles. The largest absolute Gasteiger partial charge is 0.435 e. The SMILES string of the molecule is O=C(N[C@@H](c1ccc(OC(F)F)cc1)C1CC1)c1cccnn1. The number of amides is 1. The molecule has 0 unspecified atom stereocenters. The van der Waals surface area contributed by atoms with Crippen LogP contribution in [0, 0.1) is 5.92 Å². The molecule has 1 atom stereocenters. The van der Waals surface area contributed by atoms with Gasteiger partial charge in [-0.15, -0.1) is 5.10 Å². The summed E-state index contributed by atoms with van der Waals surface area (Å²) in [6.07, 6.45) is 3.53. The Hall–Kier alpha value is -2.57. The predicted molar refractivity (Wildman–Crippen MR) is 78.0 cm³/mol. The van der Waals surface area contributed by atoms with E-state index in [0.717, 1.165) is 18.4 Å². The Morgan fingerprint density at radius 3 is 2.52 bits per heavy atom. The van der Waals surface area contributed by atoms with E-state index in [2.05, 4.69) is 20.3 Å². The van der Waals surface area contributed by atoms with E-state index >= 15 is 0 Å². The van der Waals surface area contributed by atoms with Crippen molar-refractivity contribution in [3.05, 3.63) is 53.9 Å². The second-order valence-corrected chi connectivity index (χ2v) is 5.35. The molecule has 0 saturated heterocycles. The summed E-state index contributed by atoms with van der Waals surface area (Å²) in [6, 6.07) is 9.40. The fourth-order valence-corrected chi connectivity index (χ4v) is 2.40. The number of hydrogen-bond donors (Lipinski definition) is 1. The molecular weight excluding hydrogens is 304 g/mol. The molecular formula is C16H15F2N3O2. The number of nitrogens with one attached hydrogen (secondary N) is 1. The summed E-state index contributed by atoms with van der Waals surface area (Å²) in [5, 5.41) is 10.4. The molecule has 1 aliphatic carbocycles. The van der Waals surface area contributed by atoms with Gasteiger partial charge in [0.25, 0.3) is 5.91 Å². The minimum absolute atomic E-state index is 0.0959. The normalized spacial score (nSPS) is 15.3. The highest BCUT2D eigenvalue weighted by molar-refractivity contribution is 5.92. The number of ether oxygens (including phenoxy) is 1. The molecule has 2 aromatic rings. The summed E-state index contributed by atoms with van der Waals surface area (Å²) < 4.78 is 28.7. The van der Waals surface area contributed by atoms with E-state index < -0.39 is 6.61 Å². The Bertz CT molecular complexity index is 661. The van der Waals surface area contributed by atoms with E-state index in [1.165, 1.54) is 18.3 Å². The Kier molecular flexibility index (Phi) is 4.45. The Morgan fingerprint density at radius 2 is 1.96 bits per heavy atom. The fourth-order valence-electron chi connectivity index (χ4n) is 2.40. The quantitative estimate of drug-likeness (QED) is 0.889. The van der Waals surface area contributed by atoms with E-state index in [1.54, 1.807) is 24.3 Å². The van der Waals surface area contributed by atoms with E-state index in [-0.39, 0.29) is 23.4 Å². The lowest BCUT2D eigenvalue weighted by Crippen LogP contribution is -2.30. The summed E-state index contributed by atoms with van der Waals surface area (Å²) in [6.45, 7) is -2.85. The molecule has 120 valence electrons. The maximum Gasteiger partial charge on any atom is 0.387 e. The third kappa shape index (κ3) is 4.00. The number of carbonyl (C=O) groups is 1. The van der Waals surface area contributed by atoms with Crippen molar-refractivity contribution in [3.8, 4) is 5.75 Å². The lowest BCUT2D eigenvalue weighted by atomic mass is 10.0. The molecule has 23 heavy (non-hydrogen) atoms. The number of carbonyl (C=O) groups excluding carboxylic acids is 1. The van der Waals surface area contributed by atoms with Gasteiger partial charge in [-0.2, -0.15) is 13.9 Å². The topological polar surface area (TPSA) is 64.1 Å². The van der Waals surface area contributed by atoms with Gasteiger partial charge >= 0.3 is 6.61 Å². The maximum atomic E-state index is 12.2. The van der Waals surface area contributed by atoms with Gasteiger partial charge in [-0.1, -0.05) is 12.1 Å². The summed E-state index contributed by atoms with van der Waals surface area (Å²) in [5.74, 6) is 0.138. The highest BCUT2D eigenvalue weighted by Gasteiger charge is 2.33. The zero-order valence-corrected chi connectivity index (χ0v) is 12.2. The third-order valence-corrected chi connectivity index (χ3v) is 3.65. The van der Waals surface area contributed by atoms with Gasteiger partial charge in [0.05, 0.1) is 6.04 Å². The molecule has 7 heteroatoms. The highest BCUT2D eigenvalue weighted by Crippen LogP contribution is 2.41. The number of aromatic nitrogens is 2. The van der Waals surface area contributed by atoms with Gasteiger partial charge in [0, 0.05) is 6.20 Å². The first kappa shape index (κ1) is 15.3. The van der Waals surface area contributed by atoms with E-state index in [0.29, 0.717) is 5.92 Å². The van der Waals surface area contributed by atoms with E-state index in [4.69, 9.17) is 0 Å². The summed E-state index contributed by atoms with van der Waals surface area (Å²) in [5.41, 5.74) is 1.10. The predicted octanol–water partition coefficient (Wildman–Crippen LogP) is 2.96. The van der Waals surface area contributed by atoms with Gasteiger partial charge < -0.3 is 10.1 Å². The average molecular weight is 319 g/mol. The molecule has 1 heterocycles. The zero-order chi connectivity index (χ0) is 16.2. The van der Waals surface area contributed by atoms with Crippen LogP contribution in [0.3, 0.4) is 0 Å². The van der Waals surface area contributed by atoms with Gasteiger partial charge in [-0.05, 0) is 48.6 Å². The molecule has 1 aliphatic rings. The van der Waals surface area contributed by atoms with Crippen molar-refractivity contribution in [1.82, 2.24) is 15.5 Å². The minimum Gasteiger partial charge on any atom is -0.435 e. The first-order valence-corrected chi connectivity index (χ1v) is 7.27. The maximum absolute atomic E-state index is 12.2. The van der Waals surface area contributed by atoms with Crippen molar-refractivity contribution in [2.24, 2.45) is 5.92 Å². The first-order valence-electron chi connectivity index (χ1n) is 7.27. The highest BCUT2D eigenvalue weighted by atomic mass is 19.3. The van der Waals surface area contributed by atoms with Crippen molar-refractivity contribution in [1.29, 1.82) is 0 Å². The van der Waals surface area contributed by atoms with Crippen LogP contribution in [0.15, 0.2) is 42.6 Å². The van der Waals surface area contributed by atoms with Crippen LogP contribution < -0.4 is 10.1 Å². The van der Waals surface area contributed by atoms with Crippen LogP contribution in [0.2, 0.25) is 0 Å². The van der Waals surface area contributed by atoms with Gasteiger partial charge in [0.1, 0.15) is 5.75 Å². The molecule has 0 aliphatic heterocycles. The van der Waals surface area contributed by atoms with Crippen molar-refractivity contribution in [3.63, 3.8) is 0 Å². The lowest BCUT2D eigenvalue weighted by Gasteiger charge is -2.19. The molecule has 0 radical (unpaired) electrons. The van der Waals surface area contributed by atoms with Crippen molar-refractivity contribution >= 4 is 5.91 Å². The molecule has 3 rings (SSSR count). The van der Waals surface area contributed by atoms with Crippen LogP contribution in [-0.2, 0) is 0 Å². The summed E-state index contributed by atoms with van der Waals surface area (Å²) in [4.78, 5) is 12.2. The van der Waals surface area contributed by atoms with Gasteiger partial charge in [0.15, 0.2) is 5.69 Å². The molecule has 1 amide bonds.